The fourth-order valence-corrected chi connectivity index (χ4v) is 5.98. The van der Waals surface area contributed by atoms with E-state index in [1.54, 1.807) is 27.0 Å². The first kappa shape index (κ1) is 30.3. The number of amides is 3. The van der Waals surface area contributed by atoms with E-state index in [-0.39, 0.29) is 24.9 Å². The Morgan fingerprint density at radius 2 is 1.91 bits per heavy atom. The number of ether oxygens (including phenoxy) is 2. The molecule has 1 saturated heterocycles. The summed E-state index contributed by atoms with van der Waals surface area (Å²) in [6.45, 7) is 5.55. The highest BCUT2D eigenvalue weighted by atomic mass is 16.6. The van der Waals surface area contributed by atoms with Crippen LogP contribution in [-0.2, 0) is 19.1 Å². The molecule has 2 fully saturated rings. The van der Waals surface area contributed by atoms with Gasteiger partial charge in [-0.25, -0.2) is 14.6 Å². The normalized spacial score (nSPS) is 28.9. The second-order valence-corrected chi connectivity index (χ2v) is 12.6. The molecular formula is C32H40N4O7. The number of carboxylic acid groups (broad SMARTS) is 1. The fraction of sp³-hybridized carbons (Fsp3) is 0.531. The predicted molar refractivity (Wildman–Crippen MR) is 158 cm³/mol. The van der Waals surface area contributed by atoms with Gasteiger partial charge in [-0.3, -0.25) is 9.59 Å². The van der Waals surface area contributed by atoms with E-state index in [1.165, 1.54) is 4.90 Å². The first-order valence-electron chi connectivity index (χ1n) is 15.0. The Labute approximate surface area is 251 Å². The number of allylic oxidation sites excluding steroid dienone is 1. The summed E-state index contributed by atoms with van der Waals surface area (Å²) in [6, 6.07) is 7.89. The van der Waals surface area contributed by atoms with Crippen LogP contribution in [0, 0.1) is 5.92 Å². The van der Waals surface area contributed by atoms with Crippen LogP contribution in [0.2, 0.25) is 0 Å². The molecule has 1 aliphatic carbocycles. The number of rotatable bonds is 4. The van der Waals surface area contributed by atoms with Gasteiger partial charge >= 0.3 is 12.1 Å². The molecule has 3 aliphatic rings. The second-order valence-electron chi connectivity index (χ2n) is 12.6. The van der Waals surface area contributed by atoms with E-state index in [4.69, 9.17) is 9.47 Å². The molecule has 3 amide bonds. The summed E-state index contributed by atoms with van der Waals surface area (Å²) >= 11 is 0. The number of nitrogens with one attached hydrogen (secondary N) is 2. The zero-order chi connectivity index (χ0) is 30.8. The van der Waals surface area contributed by atoms with E-state index in [9.17, 15) is 24.3 Å². The van der Waals surface area contributed by atoms with Crippen LogP contribution in [0.3, 0.4) is 0 Å². The van der Waals surface area contributed by atoms with Gasteiger partial charge in [0.1, 0.15) is 29.3 Å². The quantitative estimate of drug-likeness (QED) is 0.452. The molecule has 11 nitrogen and oxygen atoms in total. The topological polar surface area (TPSA) is 147 Å². The molecule has 0 radical (unpaired) electrons. The molecule has 2 aromatic rings. The van der Waals surface area contributed by atoms with Crippen molar-refractivity contribution < 1.29 is 33.8 Å². The molecule has 1 saturated carbocycles. The number of carbonyl (C=O) groups excluding carboxylic acids is 3. The van der Waals surface area contributed by atoms with Gasteiger partial charge in [-0.2, -0.15) is 0 Å². The van der Waals surface area contributed by atoms with Gasteiger partial charge in [-0.15, -0.1) is 0 Å². The van der Waals surface area contributed by atoms with Crippen LogP contribution in [0.15, 0.2) is 48.7 Å². The summed E-state index contributed by atoms with van der Waals surface area (Å²) in [5.74, 6) is -1.85. The van der Waals surface area contributed by atoms with Crippen molar-refractivity contribution in [2.75, 3.05) is 6.54 Å². The summed E-state index contributed by atoms with van der Waals surface area (Å²) < 4.78 is 11.9. The number of aromatic nitrogens is 1. The minimum Gasteiger partial charge on any atom is -0.479 e. The molecule has 0 spiro atoms. The van der Waals surface area contributed by atoms with Crippen molar-refractivity contribution in [1.82, 2.24) is 20.5 Å². The van der Waals surface area contributed by atoms with Crippen LogP contribution in [0.1, 0.15) is 65.7 Å². The first-order valence-corrected chi connectivity index (χ1v) is 15.0. The monoisotopic (exact) mass is 592 g/mol. The lowest BCUT2D eigenvalue weighted by atomic mass is 10.0. The van der Waals surface area contributed by atoms with Gasteiger partial charge in [0.2, 0.25) is 17.7 Å². The smallest absolute Gasteiger partial charge is 0.408 e. The molecule has 5 rings (SSSR count). The highest BCUT2D eigenvalue weighted by Gasteiger charge is 2.61. The molecule has 2 aliphatic heterocycles. The van der Waals surface area contributed by atoms with Crippen LogP contribution in [0.5, 0.6) is 5.88 Å². The number of aliphatic carboxylic acids is 1. The molecular weight excluding hydrogens is 552 g/mol. The maximum Gasteiger partial charge on any atom is 0.408 e. The van der Waals surface area contributed by atoms with Gasteiger partial charge in [0.25, 0.3) is 0 Å². The summed E-state index contributed by atoms with van der Waals surface area (Å²) in [5.41, 5.74) is -2.16. The Balaban J connectivity index is 1.44. The third kappa shape index (κ3) is 6.92. The van der Waals surface area contributed by atoms with Crippen molar-refractivity contribution in [1.29, 1.82) is 0 Å². The Hall–Kier alpha value is -4.15. The highest BCUT2D eigenvalue weighted by molar-refractivity contribution is 5.96. The summed E-state index contributed by atoms with van der Waals surface area (Å²) in [6.07, 6.45) is 7.47. The number of fused-ring (bicyclic) bond motifs is 3. The van der Waals surface area contributed by atoms with Gasteiger partial charge in [0.15, 0.2) is 0 Å². The summed E-state index contributed by atoms with van der Waals surface area (Å²) in [7, 11) is 0. The van der Waals surface area contributed by atoms with E-state index in [2.05, 4.69) is 15.6 Å². The lowest BCUT2D eigenvalue weighted by Crippen LogP contribution is -2.56. The first-order chi connectivity index (χ1) is 20.5. The maximum absolute atomic E-state index is 14.0. The van der Waals surface area contributed by atoms with Crippen molar-refractivity contribution in [2.24, 2.45) is 5.92 Å². The van der Waals surface area contributed by atoms with Crippen LogP contribution < -0.4 is 15.4 Å². The van der Waals surface area contributed by atoms with Gasteiger partial charge in [-0.05, 0) is 83.2 Å². The number of alkyl carbamates (subject to hydrolysis) is 1. The van der Waals surface area contributed by atoms with Crippen molar-refractivity contribution >= 4 is 34.6 Å². The Morgan fingerprint density at radius 3 is 2.67 bits per heavy atom. The largest absolute Gasteiger partial charge is 0.479 e. The zero-order valence-electron chi connectivity index (χ0n) is 24.9. The molecule has 11 heteroatoms. The average Bonchev–Trinajstić information content (AvgIpc) is 3.41. The number of nitrogens with zero attached hydrogens (tertiary/aromatic N) is 2. The third-order valence-corrected chi connectivity index (χ3v) is 8.29. The molecule has 3 heterocycles. The number of pyridine rings is 1. The third-order valence-electron chi connectivity index (χ3n) is 8.29. The van der Waals surface area contributed by atoms with Gasteiger partial charge in [0, 0.05) is 24.0 Å². The van der Waals surface area contributed by atoms with Crippen LogP contribution >= 0.6 is 0 Å². The minimum atomic E-state index is -1.39. The molecule has 5 unspecified atom stereocenters. The van der Waals surface area contributed by atoms with Crippen LogP contribution in [-0.4, -0.2) is 74.7 Å². The summed E-state index contributed by atoms with van der Waals surface area (Å²) in [5, 5.41) is 17.3. The van der Waals surface area contributed by atoms with Crippen molar-refractivity contribution in [2.45, 2.75) is 95.0 Å². The number of carbonyl (C=O) groups is 4. The number of hydrogen-bond acceptors (Lipinski definition) is 7. The molecule has 1 aromatic carbocycles. The Morgan fingerprint density at radius 1 is 1.12 bits per heavy atom. The van der Waals surface area contributed by atoms with Gasteiger partial charge in [0.05, 0.1) is 0 Å². The Bertz CT molecular complexity index is 1410. The summed E-state index contributed by atoms with van der Waals surface area (Å²) in [4.78, 5) is 58.3. The van der Waals surface area contributed by atoms with Crippen LogP contribution in [0.25, 0.3) is 10.8 Å². The minimum absolute atomic E-state index is 0.240. The van der Waals surface area contributed by atoms with Gasteiger partial charge < -0.3 is 30.1 Å². The number of hydrogen-bond donors (Lipinski definition) is 3. The molecule has 5 atom stereocenters. The molecule has 0 bridgehead atoms. The SMILES string of the molecule is CC(C)(C)OC(=O)NC1CCC(Oc2nccc3ccccc23)CC/C=C\C2CC2(C(=O)O)NC(=O)C2CCCN2C1=O. The standard InChI is InChI=1S/C32H40N4O7/c1-31(2,3)43-30(41)34-24-15-14-22(42-27-23-12-7-4-9-20(23)16-17-33-27)11-6-5-10-21-19-32(21,29(39)40)35-26(37)25-13-8-18-36(25)28(24)38/h4-5,7,9-10,12,16-17,21-22,24-25H,6,8,11,13-15,18-19H2,1-3H3,(H,34,41)(H,35,37)(H,39,40)/b10-5-. The van der Waals surface area contributed by atoms with E-state index < -0.39 is 47.1 Å². The lowest BCUT2D eigenvalue weighted by Gasteiger charge is -2.31. The van der Waals surface area contributed by atoms with E-state index in [0.717, 1.165) is 10.8 Å². The number of benzene rings is 1. The zero-order valence-corrected chi connectivity index (χ0v) is 24.9. The molecule has 230 valence electrons. The molecule has 3 N–H and O–H groups in total. The van der Waals surface area contributed by atoms with Crippen molar-refractivity contribution in [3.63, 3.8) is 0 Å². The number of carboxylic acids is 1. The molecule has 1 aromatic heterocycles. The van der Waals surface area contributed by atoms with Crippen molar-refractivity contribution in [3.05, 3.63) is 48.7 Å². The van der Waals surface area contributed by atoms with Gasteiger partial charge in [-0.1, -0.05) is 30.4 Å². The predicted octanol–water partition coefficient (Wildman–Crippen LogP) is 3.96. The van der Waals surface area contributed by atoms with E-state index in [0.29, 0.717) is 44.5 Å². The lowest BCUT2D eigenvalue weighted by molar-refractivity contribution is -0.145. The second kappa shape index (κ2) is 12.2. The molecule has 43 heavy (non-hydrogen) atoms. The average molecular weight is 593 g/mol. The Kier molecular flexibility index (Phi) is 8.62. The highest BCUT2D eigenvalue weighted by Crippen LogP contribution is 2.45. The van der Waals surface area contributed by atoms with Crippen molar-refractivity contribution in [3.8, 4) is 5.88 Å². The maximum atomic E-state index is 14.0. The fourth-order valence-electron chi connectivity index (χ4n) is 5.98. The van der Waals surface area contributed by atoms with E-state index in [1.807, 2.05) is 42.5 Å². The van der Waals surface area contributed by atoms with E-state index >= 15 is 0 Å². The van der Waals surface area contributed by atoms with Crippen LogP contribution in [0.4, 0.5) is 4.79 Å².